The summed E-state index contributed by atoms with van der Waals surface area (Å²) in [5, 5.41) is 10.00. The molecule has 1 aliphatic carbocycles. The highest BCUT2D eigenvalue weighted by molar-refractivity contribution is 6.18. The van der Waals surface area contributed by atoms with Crippen LogP contribution in [0, 0.1) is 0 Å². The molecule has 0 aliphatic heterocycles. The Balaban J connectivity index is 1.18. The minimum absolute atomic E-state index is 0.606. The first-order valence-electron chi connectivity index (χ1n) is 20.8. The Morgan fingerprint density at radius 3 is 1.28 bits per heavy atom. The molecule has 1 aliphatic rings. The maximum atomic E-state index is 2.52. The molecule has 1 nitrogen and oxygen atoms in total. The van der Waals surface area contributed by atoms with Gasteiger partial charge in [0.05, 0.1) is 16.8 Å². The summed E-state index contributed by atoms with van der Waals surface area (Å²) in [6.07, 6.45) is 0. The number of fused-ring (bicyclic) bond motifs is 2. The zero-order valence-electron chi connectivity index (χ0n) is 33.0. The van der Waals surface area contributed by atoms with Crippen molar-refractivity contribution in [3.8, 4) is 22.3 Å². The lowest BCUT2D eigenvalue weighted by atomic mass is 9.67. The summed E-state index contributed by atoms with van der Waals surface area (Å²) in [5.41, 5.74) is 12.8. The fourth-order valence-corrected chi connectivity index (χ4v) is 10.2. The predicted octanol–water partition coefficient (Wildman–Crippen LogP) is 15.8. The summed E-state index contributed by atoms with van der Waals surface area (Å²) in [5.74, 6) is 0. The second-order valence-electron chi connectivity index (χ2n) is 16.0. The zero-order valence-corrected chi connectivity index (χ0v) is 33.0. The monoisotopic (exact) mass is 761 g/mol. The van der Waals surface area contributed by atoms with Gasteiger partial charge >= 0.3 is 0 Å². The topological polar surface area (TPSA) is 3.24 Å². The molecule has 0 heterocycles. The molecule has 0 N–H and O–H groups in total. The van der Waals surface area contributed by atoms with Gasteiger partial charge in [0.25, 0.3) is 0 Å². The van der Waals surface area contributed by atoms with Crippen LogP contribution in [0.4, 0.5) is 17.1 Å². The average Bonchev–Trinajstić information content (AvgIpc) is 3.63. The van der Waals surface area contributed by atoms with E-state index < -0.39 is 5.41 Å². The normalized spacial score (nSPS) is 12.8. The first kappa shape index (κ1) is 34.3. The molecule has 1 heteroatoms. The van der Waals surface area contributed by atoms with Crippen molar-refractivity contribution in [3.05, 3.63) is 259 Å². The molecule has 12 rings (SSSR count). The minimum atomic E-state index is -0.606. The van der Waals surface area contributed by atoms with E-state index in [9.17, 15) is 0 Å². The van der Waals surface area contributed by atoms with Crippen LogP contribution in [-0.2, 0) is 5.41 Å². The molecule has 11 aromatic carbocycles. The largest absolute Gasteiger partial charge is 0.309 e. The van der Waals surface area contributed by atoms with Crippen LogP contribution in [0.2, 0.25) is 0 Å². The van der Waals surface area contributed by atoms with Crippen LogP contribution in [0.3, 0.4) is 0 Å². The number of rotatable bonds is 7. The van der Waals surface area contributed by atoms with Crippen molar-refractivity contribution in [2.75, 3.05) is 4.90 Å². The molecule has 0 radical (unpaired) electrons. The van der Waals surface area contributed by atoms with Crippen molar-refractivity contribution < 1.29 is 0 Å². The molecule has 0 spiro atoms. The van der Waals surface area contributed by atoms with Crippen LogP contribution in [0.1, 0.15) is 22.3 Å². The van der Waals surface area contributed by atoms with E-state index >= 15 is 0 Å². The summed E-state index contributed by atoms with van der Waals surface area (Å²) in [7, 11) is 0. The lowest BCUT2D eigenvalue weighted by Crippen LogP contribution is -2.29. The molecule has 0 aromatic heterocycles. The highest BCUT2D eigenvalue weighted by atomic mass is 15.1. The third-order valence-electron chi connectivity index (χ3n) is 12.9. The lowest BCUT2D eigenvalue weighted by Gasteiger charge is -2.36. The van der Waals surface area contributed by atoms with E-state index in [1.54, 1.807) is 0 Å². The summed E-state index contributed by atoms with van der Waals surface area (Å²) in [4.78, 5) is 2.51. The fraction of sp³-hybridized carbons (Fsp3) is 0.0169. The molecule has 0 bridgehead atoms. The smallest absolute Gasteiger partial charge is 0.0714 e. The lowest BCUT2D eigenvalue weighted by molar-refractivity contribution is 0.771. The van der Waals surface area contributed by atoms with Gasteiger partial charge in [-0.3, -0.25) is 0 Å². The second kappa shape index (κ2) is 13.7. The predicted molar refractivity (Wildman–Crippen MR) is 254 cm³/mol. The summed E-state index contributed by atoms with van der Waals surface area (Å²) >= 11 is 0. The van der Waals surface area contributed by atoms with Gasteiger partial charge in [0.15, 0.2) is 0 Å². The number of anilines is 3. The summed E-state index contributed by atoms with van der Waals surface area (Å²) < 4.78 is 0. The Kier molecular flexibility index (Phi) is 7.83. The van der Waals surface area contributed by atoms with Crippen molar-refractivity contribution in [2.45, 2.75) is 5.41 Å². The van der Waals surface area contributed by atoms with Crippen molar-refractivity contribution in [1.82, 2.24) is 0 Å². The average molecular weight is 762 g/mol. The van der Waals surface area contributed by atoms with Crippen molar-refractivity contribution in [2.24, 2.45) is 0 Å². The first-order valence-corrected chi connectivity index (χ1v) is 20.8. The Morgan fingerprint density at radius 2 is 0.717 bits per heavy atom. The highest BCUT2D eigenvalue weighted by Gasteiger charge is 2.45. The second-order valence-corrected chi connectivity index (χ2v) is 16.0. The van der Waals surface area contributed by atoms with Gasteiger partial charge in [-0.25, -0.2) is 0 Å². The van der Waals surface area contributed by atoms with E-state index in [2.05, 4.69) is 241 Å². The molecular weight excluding hydrogens is 723 g/mol. The van der Waals surface area contributed by atoms with Crippen molar-refractivity contribution in [1.29, 1.82) is 0 Å². The number of benzene rings is 11. The standard InChI is InChI=1S/C59H39N/c1-3-14-40(15-4-1)42-30-34-48(35-31-42)59(49-36-32-43(33-37-49)41-16-5-2-6-17-41)53-25-11-22-46-28-29-47-38-50(39-54(59)58(47)57(46)53)60(55-26-12-20-44-18-7-9-23-51(44)55)56-27-13-21-45-19-8-10-24-52(45)56/h1-39H. The van der Waals surface area contributed by atoms with Crippen molar-refractivity contribution >= 4 is 60.2 Å². The van der Waals surface area contributed by atoms with Gasteiger partial charge in [-0.15, -0.1) is 0 Å². The van der Waals surface area contributed by atoms with E-state index in [0.29, 0.717) is 0 Å². The molecule has 0 fully saturated rings. The van der Waals surface area contributed by atoms with Gasteiger partial charge in [0.2, 0.25) is 0 Å². The van der Waals surface area contributed by atoms with Crippen molar-refractivity contribution in [3.63, 3.8) is 0 Å². The number of hydrogen-bond acceptors (Lipinski definition) is 1. The van der Waals surface area contributed by atoms with Crippen LogP contribution in [0.25, 0.3) is 65.3 Å². The molecular formula is C59H39N. The molecule has 0 saturated carbocycles. The summed E-state index contributed by atoms with van der Waals surface area (Å²) in [6, 6.07) is 87.6. The van der Waals surface area contributed by atoms with Crippen LogP contribution >= 0.6 is 0 Å². The molecule has 11 aromatic rings. The van der Waals surface area contributed by atoms with Gasteiger partial charge in [-0.1, -0.05) is 212 Å². The fourth-order valence-electron chi connectivity index (χ4n) is 10.2. The van der Waals surface area contributed by atoms with Crippen LogP contribution in [-0.4, -0.2) is 0 Å². The molecule has 0 atom stereocenters. The molecule has 0 amide bonds. The quantitative estimate of drug-likeness (QED) is 0.146. The van der Waals surface area contributed by atoms with E-state index in [1.807, 2.05) is 0 Å². The third-order valence-corrected chi connectivity index (χ3v) is 12.9. The van der Waals surface area contributed by atoms with E-state index in [4.69, 9.17) is 0 Å². The van der Waals surface area contributed by atoms with Gasteiger partial charge in [-0.2, -0.15) is 0 Å². The molecule has 0 saturated heterocycles. The van der Waals surface area contributed by atoms with Crippen LogP contribution < -0.4 is 4.90 Å². The maximum absolute atomic E-state index is 2.52. The van der Waals surface area contributed by atoms with Crippen LogP contribution in [0.5, 0.6) is 0 Å². The SMILES string of the molecule is c1ccc(-c2ccc(C3(c4ccc(-c5ccccc5)cc4)c4cccc5ccc6cc(N(c7cccc8ccccc78)c7cccc8ccccc78)cc3c6c45)cc2)cc1. The van der Waals surface area contributed by atoms with Gasteiger partial charge in [0.1, 0.15) is 0 Å². The number of nitrogens with zero attached hydrogens (tertiary/aromatic N) is 1. The number of hydrogen-bond donors (Lipinski definition) is 0. The Hall–Kier alpha value is -7.74. The first-order chi connectivity index (χ1) is 29.8. The Labute approximate surface area is 350 Å². The summed E-state index contributed by atoms with van der Waals surface area (Å²) in [6.45, 7) is 0. The van der Waals surface area contributed by atoms with Gasteiger partial charge < -0.3 is 4.90 Å². The highest BCUT2D eigenvalue weighted by Crippen LogP contribution is 2.58. The van der Waals surface area contributed by atoms with E-state index in [0.717, 1.165) is 17.1 Å². The van der Waals surface area contributed by atoms with Crippen LogP contribution in [0.15, 0.2) is 237 Å². The van der Waals surface area contributed by atoms with Gasteiger partial charge in [-0.05, 0) is 101 Å². The Bertz CT molecular complexity index is 3230. The minimum Gasteiger partial charge on any atom is -0.309 e. The van der Waals surface area contributed by atoms with E-state index in [-0.39, 0.29) is 0 Å². The maximum Gasteiger partial charge on any atom is 0.0714 e. The molecule has 60 heavy (non-hydrogen) atoms. The molecule has 0 unspecified atom stereocenters. The zero-order chi connectivity index (χ0) is 39.6. The van der Waals surface area contributed by atoms with Gasteiger partial charge in [0, 0.05) is 16.5 Å². The Morgan fingerprint density at radius 1 is 0.283 bits per heavy atom. The van der Waals surface area contributed by atoms with E-state index in [1.165, 1.54) is 87.6 Å². The molecule has 280 valence electrons. The third kappa shape index (κ3) is 5.19.